The van der Waals surface area contributed by atoms with E-state index in [1.807, 2.05) is 0 Å². The van der Waals surface area contributed by atoms with Gasteiger partial charge in [0.2, 0.25) is 0 Å². The first-order valence-electron chi connectivity index (χ1n) is 5.40. The molecule has 0 radical (unpaired) electrons. The zero-order valence-corrected chi connectivity index (χ0v) is 11.4. The number of alkyl halides is 1. The van der Waals surface area contributed by atoms with E-state index in [2.05, 4.69) is 30.9 Å². The molecule has 2 rings (SSSR count). The van der Waals surface area contributed by atoms with Gasteiger partial charge in [-0.2, -0.15) is 0 Å². The normalized spacial score (nSPS) is 14.8. The number of rotatable bonds is 5. The van der Waals surface area contributed by atoms with Crippen LogP contribution in [0, 0.1) is 0 Å². The highest BCUT2D eigenvalue weighted by Gasteiger charge is 2.15. The molecule has 2 heterocycles. The smallest absolute Gasteiger partial charge is 0.167 e. The van der Waals surface area contributed by atoms with Crippen molar-refractivity contribution in [3.8, 4) is 0 Å². The van der Waals surface area contributed by atoms with Gasteiger partial charge in [-0.3, -0.25) is 4.57 Å². The molecule has 0 fully saturated rings. The molecule has 0 saturated carbocycles. The maximum Gasteiger partial charge on any atom is 0.167 e. The van der Waals surface area contributed by atoms with E-state index in [9.17, 15) is 5.11 Å². The quantitative estimate of drug-likeness (QED) is 0.781. The molecule has 2 aromatic rings. The largest absolute Gasteiger partial charge is 0.391 e. The third-order valence-corrected chi connectivity index (χ3v) is 3.19. The fourth-order valence-electron chi connectivity index (χ4n) is 1.48. The van der Waals surface area contributed by atoms with Gasteiger partial charge in [-0.25, -0.2) is 15.0 Å². The van der Waals surface area contributed by atoms with Gasteiger partial charge in [0.25, 0.3) is 0 Å². The van der Waals surface area contributed by atoms with Crippen molar-refractivity contribution in [2.75, 3.05) is 11.1 Å². The lowest BCUT2D eigenvalue weighted by atomic mass is 10.3. The number of nitrogens with two attached hydrogens (primary N) is 1. The number of ether oxygens (including phenoxy) is 1. The summed E-state index contributed by atoms with van der Waals surface area (Å²) in [6.07, 6.45) is 2.12. The van der Waals surface area contributed by atoms with E-state index < -0.39 is 6.10 Å². The number of aliphatic hydroxyl groups is 1. The number of aromatic nitrogens is 4. The zero-order chi connectivity index (χ0) is 13.1. The average molecular weight is 316 g/mol. The molecule has 98 valence electrons. The van der Waals surface area contributed by atoms with Gasteiger partial charge in [0.05, 0.1) is 18.5 Å². The Morgan fingerprint density at radius 1 is 1.50 bits per heavy atom. The Morgan fingerprint density at radius 3 is 2.94 bits per heavy atom. The number of halogens is 1. The molecule has 0 bridgehead atoms. The van der Waals surface area contributed by atoms with Gasteiger partial charge in [0, 0.05) is 5.33 Å². The van der Waals surface area contributed by atoms with Crippen molar-refractivity contribution in [2.45, 2.75) is 25.9 Å². The molecule has 0 aromatic carbocycles. The van der Waals surface area contributed by atoms with Crippen LogP contribution >= 0.6 is 15.9 Å². The van der Waals surface area contributed by atoms with Gasteiger partial charge in [-0.05, 0) is 6.92 Å². The number of aliphatic hydroxyl groups excluding tert-OH is 1. The standard InChI is InChI=1S/C10H14BrN5O2/c1-6(17)7(2-11)18-5-16-4-15-8-9(12)13-3-14-10(8)16/h3-4,6-7,17H,2,5H2,1H3,(H2,12,13,14). The van der Waals surface area contributed by atoms with E-state index in [0.717, 1.165) is 0 Å². The van der Waals surface area contributed by atoms with E-state index in [0.29, 0.717) is 22.3 Å². The third-order valence-electron chi connectivity index (χ3n) is 2.55. The molecule has 0 aliphatic heterocycles. The monoisotopic (exact) mass is 315 g/mol. The predicted molar refractivity (Wildman–Crippen MR) is 70.1 cm³/mol. The van der Waals surface area contributed by atoms with Crippen LogP contribution in [0.5, 0.6) is 0 Å². The SMILES string of the molecule is CC(O)C(CBr)OCn1cnc2c(N)ncnc21. The first-order chi connectivity index (χ1) is 8.63. The van der Waals surface area contributed by atoms with Crippen LogP contribution in [-0.2, 0) is 11.5 Å². The van der Waals surface area contributed by atoms with Gasteiger partial charge in [0.1, 0.15) is 18.6 Å². The van der Waals surface area contributed by atoms with Gasteiger partial charge in [-0.1, -0.05) is 15.9 Å². The number of anilines is 1. The summed E-state index contributed by atoms with van der Waals surface area (Å²) < 4.78 is 7.28. The average Bonchev–Trinajstić information content (AvgIpc) is 2.74. The van der Waals surface area contributed by atoms with Gasteiger partial charge in [-0.15, -0.1) is 0 Å². The fourth-order valence-corrected chi connectivity index (χ4v) is 2.21. The minimum absolute atomic E-state index is 0.244. The van der Waals surface area contributed by atoms with Crippen molar-refractivity contribution < 1.29 is 9.84 Å². The molecule has 2 unspecified atom stereocenters. The lowest BCUT2D eigenvalue weighted by Crippen LogP contribution is -2.28. The summed E-state index contributed by atoms with van der Waals surface area (Å²) in [5.41, 5.74) is 6.85. The Bertz CT molecular complexity index is 530. The zero-order valence-electron chi connectivity index (χ0n) is 9.82. The van der Waals surface area contributed by atoms with E-state index in [1.165, 1.54) is 6.33 Å². The first-order valence-corrected chi connectivity index (χ1v) is 6.52. The first kappa shape index (κ1) is 13.2. The summed E-state index contributed by atoms with van der Waals surface area (Å²) in [5, 5.41) is 10.0. The molecule has 18 heavy (non-hydrogen) atoms. The summed E-state index contributed by atoms with van der Waals surface area (Å²) in [6.45, 7) is 1.92. The molecule has 0 aliphatic rings. The number of fused-ring (bicyclic) bond motifs is 1. The highest BCUT2D eigenvalue weighted by Crippen LogP contribution is 2.15. The molecule has 3 N–H and O–H groups in total. The maximum atomic E-state index is 9.47. The van der Waals surface area contributed by atoms with Crippen molar-refractivity contribution in [1.82, 2.24) is 19.5 Å². The molecule has 0 saturated heterocycles. The van der Waals surface area contributed by atoms with Crippen LogP contribution in [0.25, 0.3) is 11.2 Å². The lowest BCUT2D eigenvalue weighted by molar-refractivity contribution is -0.0437. The number of imidazole rings is 1. The second kappa shape index (κ2) is 5.59. The van der Waals surface area contributed by atoms with Crippen LogP contribution in [-0.4, -0.2) is 42.2 Å². The highest BCUT2D eigenvalue weighted by molar-refractivity contribution is 9.09. The van der Waals surface area contributed by atoms with Crippen molar-refractivity contribution in [2.24, 2.45) is 0 Å². The van der Waals surface area contributed by atoms with Gasteiger partial charge < -0.3 is 15.6 Å². The predicted octanol–water partition coefficient (Wildman–Crippen LogP) is 0.527. The molecular formula is C10H14BrN5O2. The van der Waals surface area contributed by atoms with Crippen molar-refractivity contribution in [3.05, 3.63) is 12.7 Å². The molecule has 0 amide bonds. The fraction of sp³-hybridized carbons (Fsp3) is 0.500. The van der Waals surface area contributed by atoms with E-state index in [-0.39, 0.29) is 12.8 Å². The summed E-state index contributed by atoms with van der Waals surface area (Å²) >= 11 is 3.29. The lowest BCUT2D eigenvalue weighted by Gasteiger charge is -2.18. The summed E-state index contributed by atoms with van der Waals surface area (Å²) in [6, 6.07) is 0. The molecule has 0 spiro atoms. The van der Waals surface area contributed by atoms with Crippen molar-refractivity contribution in [1.29, 1.82) is 0 Å². The van der Waals surface area contributed by atoms with E-state index >= 15 is 0 Å². The Hall–Kier alpha value is -1.25. The van der Waals surface area contributed by atoms with Crippen LogP contribution < -0.4 is 5.73 Å². The number of hydrogen-bond acceptors (Lipinski definition) is 6. The van der Waals surface area contributed by atoms with Crippen molar-refractivity contribution in [3.63, 3.8) is 0 Å². The minimum Gasteiger partial charge on any atom is -0.391 e. The molecule has 8 heteroatoms. The topological polar surface area (TPSA) is 99.1 Å². The van der Waals surface area contributed by atoms with Crippen LogP contribution in [0.4, 0.5) is 5.82 Å². The van der Waals surface area contributed by atoms with Crippen molar-refractivity contribution >= 4 is 32.9 Å². The van der Waals surface area contributed by atoms with E-state index in [1.54, 1.807) is 17.8 Å². The Labute approximate surface area is 112 Å². The molecule has 2 atom stereocenters. The molecule has 0 aliphatic carbocycles. The maximum absolute atomic E-state index is 9.47. The summed E-state index contributed by atoms with van der Waals surface area (Å²) in [7, 11) is 0. The van der Waals surface area contributed by atoms with Crippen LogP contribution in [0.3, 0.4) is 0 Å². The summed E-state index contributed by atoms with van der Waals surface area (Å²) in [4.78, 5) is 12.1. The summed E-state index contributed by atoms with van der Waals surface area (Å²) in [5.74, 6) is 0.339. The van der Waals surface area contributed by atoms with Crippen LogP contribution in [0.2, 0.25) is 0 Å². The third kappa shape index (κ3) is 2.60. The van der Waals surface area contributed by atoms with Gasteiger partial charge >= 0.3 is 0 Å². The van der Waals surface area contributed by atoms with E-state index in [4.69, 9.17) is 10.5 Å². The van der Waals surface area contributed by atoms with Gasteiger partial charge in [0.15, 0.2) is 11.5 Å². The van der Waals surface area contributed by atoms with Crippen LogP contribution in [0.15, 0.2) is 12.7 Å². The number of nitrogens with zero attached hydrogens (tertiary/aromatic N) is 4. The number of nitrogen functional groups attached to an aromatic ring is 1. The Kier molecular flexibility index (Phi) is 4.10. The Balaban J connectivity index is 2.15. The second-order valence-corrected chi connectivity index (χ2v) is 4.52. The molecule has 2 aromatic heterocycles. The number of hydrogen-bond donors (Lipinski definition) is 2. The highest BCUT2D eigenvalue weighted by atomic mass is 79.9. The molecule has 7 nitrogen and oxygen atoms in total. The Morgan fingerprint density at radius 2 is 2.28 bits per heavy atom. The molecular weight excluding hydrogens is 302 g/mol. The van der Waals surface area contributed by atoms with Crippen LogP contribution in [0.1, 0.15) is 6.92 Å². The minimum atomic E-state index is -0.557. The second-order valence-electron chi connectivity index (χ2n) is 3.87.